The maximum absolute atomic E-state index is 12.2. The minimum Gasteiger partial charge on any atom is -0.483 e. The number of benzene rings is 2. The van der Waals surface area contributed by atoms with E-state index in [9.17, 15) is 4.79 Å². The van der Waals surface area contributed by atoms with Crippen LogP contribution in [-0.4, -0.2) is 32.7 Å². The normalized spacial score (nSPS) is 11.8. The molecule has 0 spiro atoms. The summed E-state index contributed by atoms with van der Waals surface area (Å²) in [5.41, 5.74) is 2.75. The summed E-state index contributed by atoms with van der Waals surface area (Å²) >= 11 is 0. The van der Waals surface area contributed by atoms with Crippen LogP contribution in [0.2, 0.25) is 0 Å². The number of nitrogens with zero attached hydrogens (tertiary/aromatic N) is 4. The number of tetrazole rings is 1. The predicted molar refractivity (Wildman–Crippen MR) is 92.4 cm³/mol. The Labute approximate surface area is 145 Å². The van der Waals surface area contributed by atoms with Crippen molar-refractivity contribution < 1.29 is 9.53 Å². The first kappa shape index (κ1) is 16.6. The third-order valence-corrected chi connectivity index (χ3v) is 3.82. The molecule has 1 heterocycles. The van der Waals surface area contributed by atoms with Gasteiger partial charge >= 0.3 is 0 Å². The van der Waals surface area contributed by atoms with Crippen LogP contribution >= 0.6 is 0 Å². The van der Waals surface area contributed by atoms with Crippen LogP contribution < -0.4 is 10.1 Å². The van der Waals surface area contributed by atoms with Crippen LogP contribution in [0.15, 0.2) is 54.9 Å². The lowest BCUT2D eigenvalue weighted by atomic mass is 10.1. The number of nitrogens with one attached hydrogen (secondary N) is 1. The van der Waals surface area contributed by atoms with Crippen molar-refractivity contribution in [2.45, 2.75) is 19.9 Å². The van der Waals surface area contributed by atoms with Crippen LogP contribution in [0.1, 0.15) is 24.1 Å². The molecule has 0 saturated heterocycles. The fourth-order valence-corrected chi connectivity index (χ4v) is 2.42. The van der Waals surface area contributed by atoms with Crippen molar-refractivity contribution in [2.75, 3.05) is 6.61 Å². The van der Waals surface area contributed by atoms with E-state index in [1.165, 1.54) is 11.0 Å². The molecule has 0 radical (unpaired) electrons. The number of hydrogen-bond acceptors (Lipinski definition) is 5. The van der Waals surface area contributed by atoms with E-state index >= 15 is 0 Å². The summed E-state index contributed by atoms with van der Waals surface area (Å²) in [7, 11) is 0. The van der Waals surface area contributed by atoms with Gasteiger partial charge in [-0.3, -0.25) is 4.79 Å². The summed E-state index contributed by atoms with van der Waals surface area (Å²) in [6.45, 7) is 3.80. The smallest absolute Gasteiger partial charge is 0.258 e. The Morgan fingerprint density at radius 2 is 2.04 bits per heavy atom. The molecule has 0 aliphatic heterocycles. The van der Waals surface area contributed by atoms with Crippen LogP contribution in [0, 0.1) is 6.92 Å². The summed E-state index contributed by atoms with van der Waals surface area (Å²) in [5.74, 6) is 0.444. The molecule has 1 aromatic heterocycles. The molecule has 7 nitrogen and oxygen atoms in total. The summed E-state index contributed by atoms with van der Waals surface area (Å²) in [4.78, 5) is 12.2. The quantitative estimate of drug-likeness (QED) is 0.746. The summed E-state index contributed by atoms with van der Waals surface area (Å²) in [6.07, 6.45) is 1.50. The zero-order chi connectivity index (χ0) is 17.6. The molecule has 0 aliphatic rings. The van der Waals surface area contributed by atoms with E-state index < -0.39 is 0 Å². The number of amides is 1. The maximum Gasteiger partial charge on any atom is 0.258 e. The molecule has 128 valence electrons. The van der Waals surface area contributed by atoms with Gasteiger partial charge in [-0.05, 0) is 41.5 Å². The summed E-state index contributed by atoms with van der Waals surface area (Å²) < 4.78 is 7.21. The van der Waals surface area contributed by atoms with E-state index in [-0.39, 0.29) is 18.6 Å². The lowest BCUT2D eigenvalue weighted by Gasteiger charge is -2.15. The molecule has 1 amide bonds. The van der Waals surface area contributed by atoms with E-state index in [1.54, 1.807) is 6.07 Å². The van der Waals surface area contributed by atoms with Gasteiger partial charge in [-0.2, -0.15) is 0 Å². The molecule has 1 unspecified atom stereocenters. The van der Waals surface area contributed by atoms with E-state index in [1.807, 2.05) is 56.3 Å². The molecule has 1 atom stereocenters. The van der Waals surface area contributed by atoms with Crippen molar-refractivity contribution >= 4 is 5.91 Å². The first-order chi connectivity index (χ1) is 12.1. The van der Waals surface area contributed by atoms with Crippen LogP contribution in [0.5, 0.6) is 5.75 Å². The lowest BCUT2D eigenvalue weighted by Crippen LogP contribution is -2.31. The molecule has 7 heteroatoms. The van der Waals surface area contributed by atoms with Gasteiger partial charge in [0.05, 0.1) is 11.7 Å². The van der Waals surface area contributed by atoms with E-state index in [4.69, 9.17) is 4.74 Å². The highest BCUT2D eigenvalue weighted by Gasteiger charge is 2.11. The Bertz CT molecular complexity index is 834. The number of carbonyl (C=O) groups is 1. The fourth-order valence-electron chi connectivity index (χ4n) is 2.42. The molecule has 0 fully saturated rings. The molecular formula is C18H19N5O2. The van der Waals surface area contributed by atoms with Gasteiger partial charge in [-0.15, -0.1) is 5.10 Å². The molecule has 0 aliphatic carbocycles. The topological polar surface area (TPSA) is 81.9 Å². The molecule has 3 aromatic rings. The number of ether oxygens (including phenoxy) is 1. The largest absolute Gasteiger partial charge is 0.483 e. The molecular weight excluding hydrogens is 318 g/mol. The highest BCUT2D eigenvalue weighted by Crippen LogP contribution is 2.21. The van der Waals surface area contributed by atoms with E-state index in [2.05, 4.69) is 20.8 Å². The van der Waals surface area contributed by atoms with Crippen LogP contribution in [0.4, 0.5) is 0 Å². The van der Waals surface area contributed by atoms with Crippen molar-refractivity contribution in [1.29, 1.82) is 0 Å². The second-order valence-electron chi connectivity index (χ2n) is 5.69. The second-order valence-corrected chi connectivity index (χ2v) is 5.69. The van der Waals surface area contributed by atoms with Crippen LogP contribution in [0.25, 0.3) is 5.69 Å². The van der Waals surface area contributed by atoms with Gasteiger partial charge in [0.15, 0.2) is 6.61 Å². The number of rotatable bonds is 6. The van der Waals surface area contributed by atoms with Gasteiger partial charge in [0, 0.05) is 6.07 Å². The SMILES string of the molecule is Cc1ccc(-n2cnnn2)cc1OCC(=O)NC(C)c1ccccc1. The van der Waals surface area contributed by atoms with Gasteiger partial charge in [0.2, 0.25) is 0 Å². The monoisotopic (exact) mass is 337 g/mol. The summed E-state index contributed by atoms with van der Waals surface area (Å²) in [6, 6.07) is 15.3. The number of aromatic nitrogens is 4. The highest BCUT2D eigenvalue weighted by molar-refractivity contribution is 5.78. The third kappa shape index (κ3) is 4.20. The van der Waals surface area contributed by atoms with Crippen molar-refractivity contribution in [3.63, 3.8) is 0 Å². The first-order valence-electron chi connectivity index (χ1n) is 7.94. The van der Waals surface area contributed by atoms with Gasteiger partial charge < -0.3 is 10.1 Å². The number of aryl methyl sites for hydroxylation is 1. The van der Waals surface area contributed by atoms with Gasteiger partial charge in [-0.25, -0.2) is 4.68 Å². The molecule has 3 rings (SSSR count). The average molecular weight is 337 g/mol. The van der Waals surface area contributed by atoms with Crippen molar-refractivity contribution in [2.24, 2.45) is 0 Å². The Hall–Kier alpha value is -3.22. The molecule has 2 aromatic carbocycles. The molecule has 0 bridgehead atoms. The zero-order valence-corrected chi connectivity index (χ0v) is 14.1. The predicted octanol–water partition coefficient (Wildman–Crippen LogP) is 2.23. The zero-order valence-electron chi connectivity index (χ0n) is 14.1. The van der Waals surface area contributed by atoms with Gasteiger partial charge in [0.1, 0.15) is 12.1 Å². The van der Waals surface area contributed by atoms with Crippen molar-refractivity contribution in [1.82, 2.24) is 25.5 Å². The minimum absolute atomic E-state index is 0.0585. The Morgan fingerprint density at radius 3 is 2.76 bits per heavy atom. The van der Waals surface area contributed by atoms with Gasteiger partial charge in [-0.1, -0.05) is 36.4 Å². The third-order valence-electron chi connectivity index (χ3n) is 3.82. The maximum atomic E-state index is 12.2. The minimum atomic E-state index is -0.177. The Balaban J connectivity index is 1.61. The second kappa shape index (κ2) is 7.57. The molecule has 25 heavy (non-hydrogen) atoms. The first-order valence-corrected chi connectivity index (χ1v) is 7.94. The standard InChI is InChI=1S/C18H19N5O2/c1-13-8-9-16(23-12-19-21-22-23)10-17(13)25-11-18(24)20-14(2)15-6-4-3-5-7-15/h3-10,12,14H,11H2,1-2H3,(H,20,24). The Morgan fingerprint density at radius 1 is 1.24 bits per heavy atom. The van der Waals surface area contributed by atoms with E-state index in [0.29, 0.717) is 5.75 Å². The lowest BCUT2D eigenvalue weighted by molar-refractivity contribution is -0.123. The summed E-state index contributed by atoms with van der Waals surface area (Å²) in [5, 5.41) is 14.0. The Kier molecular flexibility index (Phi) is 5.03. The fraction of sp³-hybridized carbons (Fsp3) is 0.222. The van der Waals surface area contributed by atoms with Crippen molar-refractivity contribution in [3.05, 3.63) is 66.0 Å². The number of carbonyl (C=O) groups excluding carboxylic acids is 1. The van der Waals surface area contributed by atoms with Crippen molar-refractivity contribution in [3.8, 4) is 11.4 Å². The van der Waals surface area contributed by atoms with Crippen LogP contribution in [-0.2, 0) is 4.79 Å². The van der Waals surface area contributed by atoms with Crippen LogP contribution in [0.3, 0.4) is 0 Å². The number of hydrogen-bond donors (Lipinski definition) is 1. The van der Waals surface area contributed by atoms with Gasteiger partial charge in [0.25, 0.3) is 5.91 Å². The molecule has 1 N–H and O–H groups in total. The highest BCUT2D eigenvalue weighted by atomic mass is 16.5. The average Bonchev–Trinajstić information content (AvgIpc) is 3.16. The molecule has 0 saturated carbocycles. The van der Waals surface area contributed by atoms with E-state index in [0.717, 1.165) is 16.8 Å².